The summed E-state index contributed by atoms with van der Waals surface area (Å²) in [7, 11) is -4.04. The number of sulfonamides is 1. The van der Waals surface area contributed by atoms with Crippen molar-refractivity contribution in [3.05, 3.63) is 112 Å². The highest BCUT2D eigenvalue weighted by Crippen LogP contribution is 2.34. The van der Waals surface area contributed by atoms with Crippen molar-refractivity contribution in [3.8, 4) is 22.6 Å². The van der Waals surface area contributed by atoms with E-state index in [-0.39, 0.29) is 38.8 Å². The molecule has 5 rings (SSSR count). The number of benzene rings is 3. The summed E-state index contributed by atoms with van der Waals surface area (Å²) >= 11 is 0. The third kappa shape index (κ3) is 4.70. The van der Waals surface area contributed by atoms with Crippen LogP contribution in [0.4, 0.5) is 14.6 Å². The number of fused-ring (bicyclic) bond motifs is 1. The molecule has 0 aliphatic rings. The van der Waals surface area contributed by atoms with E-state index in [1.54, 1.807) is 0 Å². The van der Waals surface area contributed by atoms with E-state index in [4.69, 9.17) is 11.3 Å². The second-order valence-corrected chi connectivity index (χ2v) is 9.64. The SMILES string of the molecule is [C-]#[N+]COc1cc(-c2cccc(F)c2)c(F)cc1-n1c(=O)ccc2cc(S(=O)(=O)Nc3ccon3)ccc21. The maximum Gasteiger partial charge on any atom is 0.357 e. The first-order valence-corrected chi connectivity index (χ1v) is 12.4. The number of anilines is 1. The summed E-state index contributed by atoms with van der Waals surface area (Å²) in [4.78, 5) is 16.0. The molecule has 190 valence electrons. The smallest absolute Gasteiger partial charge is 0.357 e. The van der Waals surface area contributed by atoms with Crippen LogP contribution in [-0.2, 0) is 10.0 Å². The normalized spacial score (nSPS) is 11.3. The lowest BCUT2D eigenvalue weighted by atomic mass is 10.0. The van der Waals surface area contributed by atoms with E-state index in [0.29, 0.717) is 5.39 Å². The number of ether oxygens (including phenoxy) is 1. The summed E-state index contributed by atoms with van der Waals surface area (Å²) in [5, 5.41) is 3.87. The molecule has 0 aliphatic heterocycles. The van der Waals surface area contributed by atoms with Gasteiger partial charge in [0.1, 0.15) is 17.9 Å². The molecule has 12 heteroatoms. The molecule has 0 aliphatic carbocycles. The Hall–Kier alpha value is -5.02. The Kier molecular flexibility index (Phi) is 6.36. The van der Waals surface area contributed by atoms with Crippen molar-refractivity contribution in [1.82, 2.24) is 9.72 Å². The van der Waals surface area contributed by atoms with E-state index >= 15 is 4.39 Å². The van der Waals surface area contributed by atoms with E-state index in [0.717, 1.165) is 16.7 Å². The van der Waals surface area contributed by atoms with E-state index in [1.807, 2.05) is 0 Å². The maximum absolute atomic E-state index is 15.3. The lowest BCUT2D eigenvalue weighted by molar-refractivity contribution is 0.359. The molecule has 0 amide bonds. The molecule has 0 saturated heterocycles. The van der Waals surface area contributed by atoms with Crippen molar-refractivity contribution in [2.45, 2.75) is 4.90 Å². The molecular weight excluding hydrogens is 518 g/mol. The zero-order chi connectivity index (χ0) is 26.9. The fraction of sp³-hybridized carbons (Fsp3) is 0.0385. The molecule has 3 aromatic carbocycles. The minimum atomic E-state index is -4.04. The second kappa shape index (κ2) is 9.79. The molecule has 0 atom stereocenters. The Bertz CT molecular complexity index is 1880. The first-order chi connectivity index (χ1) is 18.3. The monoisotopic (exact) mass is 534 g/mol. The fourth-order valence-corrected chi connectivity index (χ4v) is 4.94. The predicted octanol–water partition coefficient (Wildman–Crippen LogP) is 4.98. The molecule has 9 nitrogen and oxygen atoms in total. The Morgan fingerprint density at radius 3 is 2.63 bits per heavy atom. The third-order valence-corrected chi connectivity index (χ3v) is 6.91. The van der Waals surface area contributed by atoms with Crippen molar-refractivity contribution in [2.75, 3.05) is 11.5 Å². The van der Waals surface area contributed by atoms with Gasteiger partial charge in [-0.2, -0.15) is 0 Å². The number of pyridine rings is 1. The van der Waals surface area contributed by atoms with Gasteiger partial charge in [0.15, 0.2) is 11.6 Å². The number of nitrogens with one attached hydrogen (secondary N) is 1. The van der Waals surface area contributed by atoms with Gasteiger partial charge in [0.25, 0.3) is 15.6 Å². The van der Waals surface area contributed by atoms with Crippen LogP contribution in [0.5, 0.6) is 5.75 Å². The summed E-state index contributed by atoms with van der Waals surface area (Å²) in [5.41, 5.74) is -0.0728. The number of hydrogen-bond acceptors (Lipinski definition) is 6. The molecule has 5 aromatic rings. The maximum atomic E-state index is 15.3. The summed E-state index contributed by atoms with van der Waals surface area (Å²) in [6, 6.07) is 15.6. The fourth-order valence-electron chi connectivity index (χ4n) is 3.91. The summed E-state index contributed by atoms with van der Waals surface area (Å²) in [5.74, 6) is -1.34. The van der Waals surface area contributed by atoms with Gasteiger partial charge in [-0.3, -0.25) is 18.9 Å². The number of aromatic nitrogens is 2. The van der Waals surface area contributed by atoms with Gasteiger partial charge in [-0.05, 0) is 48.0 Å². The van der Waals surface area contributed by atoms with Gasteiger partial charge in [-0.1, -0.05) is 17.3 Å². The molecule has 0 spiro atoms. The van der Waals surface area contributed by atoms with Gasteiger partial charge in [0.2, 0.25) is 0 Å². The van der Waals surface area contributed by atoms with Crippen LogP contribution in [0.3, 0.4) is 0 Å². The van der Waals surface area contributed by atoms with Crippen molar-refractivity contribution in [3.63, 3.8) is 0 Å². The minimum Gasteiger partial charge on any atom is -0.424 e. The summed E-state index contributed by atoms with van der Waals surface area (Å²) in [6.45, 7) is 6.66. The quantitative estimate of drug-likeness (QED) is 0.295. The third-order valence-electron chi connectivity index (χ3n) is 5.56. The van der Waals surface area contributed by atoms with Crippen LogP contribution < -0.4 is 15.0 Å². The summed E-state index contributed by atoms with van der Waals surface area (Å²) < 4.78 is 68.3. The molecule has 2 aromatic heterocycles. The number of nitrogens with zero attached hydrogens (tertiary/aromatic N) is 3. The highest BCUT2D eigenvalue weighted by Gasteiger charge is 2.20. The van der Waals surface area contributed by atoms with Crippen LogP contribution in [0.25, 0.3) is 32.6 Å². The zero-order valence-electron chi connectivity index (χ0n) is 19.3. The lowest BCUT2D eigenvalue weighted by Gasteiger charge is -2.16. The van der Waals surface area contributed by atoms with Gasteiger partial charge < -0.3 is 9.26 Å². The van der Waals surface area contributed by atoms with Crippen LogP contribution >= 0.6 is 0 Å². The van der Waals surface area contributed by atoms with E-state index in [2.05, 4.69) is 19.2 Å². The van der Waals surface area contributed by atoms with Gasteiger partial charge in [-0.25, -0.2) is 23.8 Å². The van der Waals surface area contributed by atoms with Crippen molar-refractivity contribution >= 4 is 26.7 Å². The van der Waals surface area contributed by atoms with E-state index in [1.165, 1.54) is 66.9 Å². The van der Waals surface area contributed by atoms with Crippen molar-refractivity contribution in [2.24, 2.45) is 0 Å². The van der Waals surface area contributed by atoms with Crippen LogP contribution in [0, 0.1) is 18.2 Å². The Morgan fingerprint density at radius 1 is 1.05 bits per heavy atom. The number of hydrogen-bond donors (Lipinski definition) is 1. The average molecular weight is 535 g/mol. The Labute approximate surface area is 214 Å². The topological polar surface area (TPSA) is 108 Å². The van der Waals surface area contributed by atoms with Crippen LogP contribution in [0.15, 0.2) is 93.3 Å². The van der Waals surface area contributed by atoms with Crippen LogP contribution in [0.2, 0.25) is 0 Å². The standard InChI is InChI=1S/C26H16F2N4O5S/c1-29-15-36-24-13-20(16-3-2-4-18(27)11-16)21(28)14-23(24)32-22-7-6-19(12-17(22)5-8-26(32)33)38(34,35)31-25-9-10-37-30-25/h2-14H,15H2,(H,30,31). The lowest BCUT2D eigenvalue weighted by Crippen LogP contribution is -2.19. The molecule has 0 radical (unpaired) electrons. The van der Waals surface area contributed by atoms with E-state index in [9.17, 15) is 17.6 Å². The molecule has 2 heterocycles. The van der Waals surface area contributed by atoms with Crippen LogP contribution in [0.1, 0.15) is 0 Å². The average Bonchev–Trinajstić information content (AvgIpc) is 3.40. The predicted molar refractivity (Wildman–Crippen MR) is 134 cm³/mol. The number of rotatable bonds is 7. The minimum absolute atomic E-state index is 0.000609. The molecular formula is C26H16F2N4O5S. The molecule has 38 heavy (non-hydrogen) atoms. The Morgan fingerprint density at radius 2 is 1.89 bits per heavy atom. The zero-order valence-corrected chi connectivity index (χ0v) is 20.1. The first-order valence-electron chi connectivity index (χ1n) is 10.9. The Balaban J connectivity index is 1.67. The molecule has 0 saturated carbocycles. The highest BCUT2D eigenvalue weighted by atomic mass is 32.2. The van der Waals surface area contributed by atoms with Gasteiger partial charge >= 0.3 is 6.73 Å². The number of halogens is 2. The molecule has 1 N–H and O–H groups in total. The molecule has 0 unspecified atom stereocenters. The molecule has 0 fully saturated rings. The highest BCUT2D eigenvalue weighted by molar-refractivity contribution is 7.92. The van der Waals surface area contributed by atoms with Crippen LogP contribution in [-0.4, -0.2) is 24.9 Å². The van der Waals surface area contributed by atoms with Gasteiger partial charge in [0, 0.05) is 29.1 Å². The van der Waals surface area contributed by atoms with E-state index < -0.39 is 33.9 Å². The largest absolute Gasteiger partial charge is 0.424 e. The van der Waals surface area contributed by atoms with Crippen molar-refractivity contribution < 1.29 is 26.5 Å². The first kappa shape index (κ1) is 24.7. The van der Waals surface area contributed by atoms with Crippen molar-refractivity contribution in [1.29, 1.82) is 0 Å². The summed E-state index contributed by atoms with van der Waals surface area (Å²) in [6.07, 6.45) is 1.21. The van der Waals surface area contributed by atoms with Gasteiger partial charge in [0.05, 0.1) is 16.1 Å². The molecule has 0 bridgehead atoms. The second-order valence-electron chi connectivity index (χ2n) is 7.96. The van der Waals surface area contributed by atoms with Gasteiger partial charge in [-0.15, -0.1) is 0 Å².